The summed E-state index contributed by atoms with van der Waals surface area (Å²) in [5.74, 6) is 1.31. The van der Waals surface area contributed by atoms with Gasteiger partial charge in [-0.1, -0.05) is 13.8 Å². The lowest BCUT2D eigenvalue weighted by molar-refractivity contribution is -0.385. The minimum atomic E-state index is -0.436. The van der Waals surface area contributed by atoms with Crippen molar-refractivity contribution in [3.63, 3.8) is 0 Å². The van der Waals surface area contributed by atoms with Crippen LogP contribution < -0.4 is 4.90 Å². The van der Waals surface area contributed by atoms with Crippen molar-refractivity contribution in [2.45, 2.75) is 20.8 Å². The van der Waals surface area contributed by atoms with E-state index in [1.807, 2.05) is 4.90 Å². The third-order valence-corrected chi connectivity index (χ3v) is 3.65. The summed E-state index contributed by atoms with van der Waals surface area (Å²) in [4.78, 5) is 20.5. The molecule has 1 aliphatic heterocycles. The predicted octanol–water partition coefficient (Wildman–Crippen LogP) is 2.44. The number of hydrogen-bond acceptors (Lipinski definition) is 5. The smallest absolute Gasteiger partial charge is 0.332 e. The van der Waals surface area contributed by atoms with Crippen LogP contribution in [0.2, 0.25) is 5.28 Å². The Hall–Kier alpha value is -1.43. The molecule has 0 bridgehead atoms. The van der Waals surface area contributed by atoms with E-state index >= 15 is 0 Å². The quantitative estimate of drug-likeness (QED) is 0.469. The number of rotatable bonds is 2. The second kappa shape index (κ2) is 4.68. The van der Waals surface area contributed by atoms with E-state index in [-0.39, 0.29) is 11.0 Å². The van der Waals surface area contributed by atoms with Crippen LogP contribution >= 0.6 is 11.6 Å². The summed E-state index contributed by atoms with van der Waals surface area (Å²) >= 11 is 5.81. The summed E-state index contributed by atoms with van der Waals surface area (Å²) < 4.78 is 0. The minimum Gasteiger partial charge on any atom is -0.350 e. The van der Waals surface area contributed by atoms with Crippen molar-refractivity contribution in [3.05, 3.63) is 21.1 Å². The Morgan fingerprint density at radius 2 is 1.89 bits per heavy atom. The molecule has 2 rings (SSSR count). The Balaban J connectivity index is 2.47. The Labute approximate surface area is 110 Å². The van der Waals surface area contributed by atoms with E-state index in [1.54, 1.807) is 6.92 Å². The summed E-state index contributed by atoms with van der Waals surface area (Å²) in [6.07, 6.45) is 0. The summed E-state index contributed by atoms with van der Waals surface area (Å²) in [6, 6.07) is 0. The van der Waals surface area contributed by atoms with Crippen LogP contribution in [-0.4, -0.2) is 28.0 Å². The fourth-order valence-corrected chi connectivity index (χ4v) is 2.46. The maximum absolute atomic E-state index is 11.1. The normalized spacial score (nSPS) is 23.4. The highest BCUT2D eigenvalue weighted by atomic mass is 35.5. The predicted molar refractivity (Wildman–Crippen MR) is 69.0 cm³/mol. The molecule has 6 nitrogen and oxygen atoms in total. The van der Waals surface area contributed by atoms with Crippen molar-refractivity contribution in [2.75, 3.05) is 18.0 Å². The molecule has 0 aliphatic carbocycles. The van der Waals surface area contributed by atoms with Gasteiger partial charge in [0.15, 0.2) is 0 Å². The van der Waals surface area contributed by atoms with Gasteiger partial charge in [-0.2, -0.15) is 4.98 Å². The molecule has 7 heteroatoms. The van der Waals surface area contributed by atoms with Crippen LogP contribution in [0.4, 0.5) is 11.5 Å². The molecule has 2 unspecified atom stereocenters. The molecule has 0 spiro atoms. The summed E-state index contributed by atoms with van der Waals surface area (Å²) in [7, 11) is 0. The van der Waals surface area contributed by atoms with Gasteiger partial charge in [0, 0.05) is 13.1 Å². The molecule has 1 aliphatic rings. The van der Waals surface area contributed by atoms with E-state index < -0.39 is 4.92 Å². The molecular weight excluding hydrogens is 256 g/mol. The van der Waals surface area contributed by atoms with Gasteiger partial charge < -0.3 is 4.90 Å². The fourth-order valence-electron chi connectivity index (χ4n) is 2.26. The van der Waals surface area contributed by atoms with E-state index in [0.29, 0.717) is 23.3 Å². The molecule has 1 aromatic rings. The van der Waals surface area contributed by atoms with Crippen LogP contribution in [0.1, 0.15) is 19.5 Å². The zero-order valence-corrected chi connectivity index (χ0v) is 11.3. The molecule has 0 saturated carbocycles. The number of nitro groups is 1. The van der Waals surface area contributed by atoms with Crippen LogP contribution in [0.25, 0.3) is 0 Å². The van der Waals surface area contributed by atoms with Crippen LogP contribution in [0.3, 0.4) is 0 Å². The zero-order chi connectivity index (χ0) is 13.4. The summed E-state index contributed by atoms with van der Waals surface area (Å²) in [5.41, 5.74) is 0.267. The first-order valence-corrected chi connectivity index (χ1v) is 6.21. The SMILES string of the molecule is Cc1nc(Cl)nc(N2CC(C)C(C)C2)c1[N+](=O)[O-]. The number of aromatic nitrogens is 2. The second-order valence-corrected chi connectivity index (χ2v) is 5.20. The topological polar surface area (TPSA) is 72.2 Å². The van der Waals surface area contributed by atoms with Gasteiger partial charge in [0.1, 0.15) is 5.69 Å². The first-order chi connectivity index (χ1) is 8.40. The lowest BCUT2D eigenvalue weighted by atomic mass is 10.0. The van der Waals surface area contributed by atoms with Gasteiger partial charge in [-0.3, -0.25) is 10.1 Å². The zero-order valence-electron chi connectivity index (χ0n) is 10.6. The number of halogens is 1. The largest absolute Gasteiger partial charge is 0.350 e. The highest BCUT2D eigenvalue weighted by molar-refractivity contribution is 6.28. The van der Waals surface area contributed by atoms with Crippen molar-refractivity contribution in [3.8, 4) is 0 Å². The molecule has 2 atom stereocenters. The molecule has 0 amide bonds. The summed E-state index contributed by atoms with van der Waals surface area (Å²) in [5, 5.41) is 11.2. The maximum atomic E-state index is 11.1. The van der Waals surface area contributed by atoms with Crippen LogP contribution in [0, 0.1) is 28.9 Å². The van der Waals surface area contributed by atoms with E-state index in [0.717, 1.165) is 13.1 Å². The Bertz CT molecular complexity index is 484. The van der Waals surface area contributed by atoms with Crippen LogP contribution in [0.5, 0.6) is 0 Å². The van der Waals surface area contributed by atoms with Gasteiger partial charge in [-0.15, -0.1) is 0 Å². The van der Waals surface area contributed by atoms with Gasteiger partial charge in [0.05, 0.1) is 4.92 Å². The standard InChI is InChI=1S/C11H15ClN4O2/c1-6-4-15(5-7(6)2)10-9(16(17)18)8(3)13-11(12)14-10/h6-7H,4-5H2,1-3H3. The summed E-state index contributed by atoms with van der Waals surface area (Å²) in [6.45, 7) is 7.36. The third kappa shape index (κ3) is 2.25. The fraction of sp³-hybridized carbons (Fsp3) is 0.636. The minimum absolute atomic E-state index is 0.0410. The number of aryl methyl sites for hydroxylation is 1. The molecule has 0 radical (unpaired) electrons. The first kappa shape index (κ1) is 13.0. The molecule has 1 fully saturated rings. The van der Waals surface area contributed by atoms with Gasteiger partial charge in [-0.05, 0) is 30.4 Å². The molecule has 1 aromatic heterocycles. The van der Waals surface area contributed by atoms with Crippen molar-refractivity contribution < 1.29 is 4.92 Å². The molecule has 0 N–H and O–H groups in total. The first-order valence-electron chi connectivity index (χ1n) is 5.83. The third-order valence-electron chi connectivity index (χ3n) is 3.48. The van der Waals surface area contributed by atoms with Crippen molar-refractivity contribution in [2.24, 2.45) is 11.8 Å². The molecule has 18 heavy (non-hydrogen) atoms. The molecule has 0 aromatic carbocycles. The van der Waals surface area contributed by atoms with Crippen molar-refractivity contribution in [1.29, 1.82) is 0 Å². The highest BCUT2D eigenvalue weighted by Gasteiger charge is 2.33. The van der Waals surface area contributed by atoms with Gasteiger partial charge >= 0.3 is 5.69 Å². The Kier molecular flexibility index (Phi) is 3.38. The molecular formula is C11H15ClN4O2. The lowest BCUT2D eigenvalue weighted by Crippen LogP contribution is -2.23. The monoisotopic (exact) mass is 270 g/mol. The molecule has 98 valence electrons. The van der Waals surface area contributed by atoms with E-state index in [9.17, 15) is 10.1 Å². The second-order valence-electron chi connectivity index (χ2n) is 4.87. The van der Waals surface area contributed by atoms with Crippen LogP contribution in [0.15, 0.2) is 0 Å². The van der Waals surface area contributed by atoms with Gasteiger partial charge in [0.2, 0.25) is 11.1 Å². The van der Waals surface area contributed by atoms with E-state index in [2.05, 4.69) is 23.8 Å². The number of hydrogen-bond donors (Lipinski definition) is 0. The van der Waals surface area contributed by atoms with Gasteiger partial charge in [-0.25, -0.2) is 4.98 Å². The Morgan fingerprint density at radius 1 is 1.33 bits per heavy atom. The Morgan fingerprint density at radius 3 is 2.39 bits per heavy atom. The molecule has 1 saturated heterocycles. The molecule has 2 heterocycles. The van der Waals surface area contributed by atoms with Crippen molar-refractivity contribution in [1.82, 2.24) is 9.97 Å². The number of anilines is 1. The number of nitrogens with zero attached hydrogens (tertiary/aromatic N) is 4. The average Bonchev–Trinajstić information content (AvgIpc) is 2.57. The van der Waals surface area contributed by atoms with Crippen molar-refractivity contribution >= 4 is 23.1 Å². The van der Waals surface area contributed by atoms with E-state index in [1.165, 1.54) is 0 Å². The van der Waals surface area contributed by atoms with Crippen LogP contribution in [-0.2, 0) is 0 Å². The lowest BCUT2D eigenvalue weighted by Gasteiger charge is -2.17. The highest BCUT2D eigenvalue weighted by Crippen LogP contribution is 2.34. The van der Waals surface area contributed by atoms with E-state index in [4.69, 9.17) is 11.6 Å². The average molecular weight is 271 g/mol. The maximum Gasteiger partial charge on any atom is 0.332 e. The van der Waals surface area contributed by atoms with Gasteiger partial charge in [0.25, 0.3) is 0 Å².